The van der Waals surface area contributed by atoms with Crippen LogP contribution in [-0.4, -0.2) is 12.5 Å². The fraction of sp³-hybridized carbons (Fsp3) is 0.190. The molecule has 4 heteroatoms. The molecular formula is C21H22BrN2O+. The fourth-order valence-corrected chi connectivity index (χ4v) is 3.57. The van der Waals surface area contributed by atoms with Crippen LogP contribution in [0.25, 0.3) is 10.8 Å². The van der Waals surface area contributed by atoms with Crippen molar-refractivity contribution in [1.29, 1.82) is 0 Å². The molecule has 3 nitrogen and oxygen atoms in total. The molecule has 3 aromatic carbocycles. The Labute approximate surface area is 156 Å². The van der Waals surface area contributed by atoms with Crippen molar-refractivity contribution in [3.05, 3.63) is 76.3 Å². The van der Waals surface area contributed by atoms with Crippen molar-refractivity contribution in [3.8, 4) is 0 Å². The van der Waals surface area contributed by atoms with Gasteiger partial charge in [0.05, 0.1) is 5.69 Å². The minimum atomic E-state index is -0.00311. The summed E-state index contributed by atoms with van der Waals surface area (Å²) >= 11 is 3.49. The zero-order chi connectivity index (χ0) is 17.8. The lowest BCUT2D eigenvalue weighted by atomic mass is 10.00. The van der Waals surface area contributed by atoms with Crippen LogP contribution in [0.1, 0.15) is 24.1 Å². The van der Waals surface area contributed by atoms with E-state index in [1.807, 2.05) is 31.2 Å². The van der Waals surface area contributed by atoms with Gasteiger partial charge in [-0.3, -0.25) is 4.79 Å². The number of halogens is 1. The molecule has 0 unspecified atom stereocenters. The van der Waals surface area contributed by atoms with Gasteiger partial charge in [0.1, 0.15) is 6.04 Å². The van der Waals surface area contributed by atoms with E-state index in [0.29, 0.717) is 6.54 Å². The molecule has 0 aromatic heterocycles. The smallest absolute Gasteiger partial charge is 0.279 e. The average Bonchev–Trinajstić information content (AvgIpc) is 2.61. The highest BCUT2D eigenvalue weighted by atomic mass is 79.9. The summed E-state index contributed by atoms with van der Waals surface area (Å²) in [6.45, 7) is 4.54. The van der Waals surface area contributed by atoms with Gasteiger partial charge in [0.15, 0.2) is 6.54 Å². The number of quaternary nitrogens is 1. The summed E-state index contributed by atoms with van der Waals surface area (Å²) in [6.07, 6.45) is 0. The highest BCUT2D eigenvalue weighted by Crippen LogP contribution is 2.23. The maximum atomic E-state index is 12.3. The van der Waals surface area contributed by atoms with Gasteiger partial charge in [-0.15, -0.1) is 0 Å². The molecule has 0 saturated heterocycles. The molecule has 3 rings (SSSR count). The van der Waals surface area contributed by atoms with Crippen molar-refractivity contribution in [2.45, 2.75) is 19.9 Å². The van der Waals surface area contributed by atoms with Gasteiger partial charge >= 0.3 is 0 Å². The lowest BCUT2D eigenvalue weighted by molar-refractivity contribution is -0.682. The van der Waals surface area contributed by atoms with E-state index in [2.05, 4.69) is 69.9 Å². The summed E-state index contributed by atoms with van der Waals surface area (Å²) in [5.74, 6) is -0.00311. The van der Waals surface area contributed by atoms with Crippen LogP contribution in [0, 0.1) is 6.92 Å². The van der Waals surface area contributed by atoms with Gasteiger partial charge in [-0.2, -0.15) is 0 Å². The van der Waals surface area contributed by atoms with Gasteiger partial charge in [0.25, 0.3) is 5.91 Å². The highest BCUT2D eigenvalue weighted by Gasteiger charge is 2.14. The fourth-order valence-electron chi connectivity index (χ4n) is 2.98. The summed E-state index contributed by atoms with van der Waals surface area (Å²) in [5, 5.41) is 7.51. The number of amides is 1. The van der Waals surface area contributed by atoms with Gasteiger partial charge in [0.2, 0.25) is 0 Å². The van der Waals surface area contributed by atoms with Crippen LogP contribution in [0.15, 0.2) is 65.1 Å². The van der Waals surface area contributed by atoms with E-state index in [0.717, 1.165) is 15.7 Å². The number of carbonyl (C=O) groups is 1. The van der Waals surface area contributed by atoms with E-state index in [1.165, 1.54) is 16.3 Å². The number of anilines is 1. The van der Waals surface area contributed by atoms with E-state index >= 15 is 0 Å². The standard InChI is InChI=1S/C21H21BrN2O/c1-14-10-11-20(19(22)12-14)24-21(25)13-23-15(2)17-9-5-7-16-6-3-4-8-18(16)17/h3-12,15,23H,13H2,1-2H3,(H,24,25)/p+1/t15-/m1/s1. The maximum Gasteiger partial charge on any atom is 0.279 e. The van der Waals surface area contributed by atoms with Crippen molar-refractivity contribution < 1.29 is 10.1 Å². The van der Waals surface area contributed by atoms with Crippen molar-refractivity contribution in [1.82, 2.24) is 0 Å². The first kappa shape index (κ1) is 17.6. The van der Waals surface area contributed by atoms with Gasteiger partial charge in [-0.1, -0.05) is 48.5 Å². The van der Waals surface area contributed by atoms with Gasteiger partial charge in [-0.25, -0.2) is 0 Å². The minimum absolute atomic E-state index is 0.00311. The molecule has 128 valence electrons. The Morgan fingerprint density at radius 2 is 1.88 bits per heavy atom. The second kappa shape index (κ2) is 7.81. The summed E-state index contributed by atoms with van der Waals surface area (Å²) in [7, 11) is 0. The highest BCUT2D eigenvalue weighted by molar-refractivity contribution is 9.10. The predicted octanol–water partition coefficient (Wildman–Crippen LogP) is 4.17. The number of hydrogen-bond donors (Lipinski definition) is 2. The average molecular weight is 398 g/mol. The number of nitrogens with two attached hydrogens (primary N) is 1. The zero-order valence-corrected chi connectivity index (χ0v) is 16.0. The molecule has 0 aliphatic rings. The molecule has 1 atom stereocenters. The van der Waals surface area contributed by atoms with E-state index in [1.54, 1.807) is 0 Å². The largest absolute Gasteiger partial charge is 0.332 e. The van der Waals surface area contributed by atoms with E-state index in [4.69, 9.17) is 0 Å². The molecule has 0 bridgehead atoms. The van der Waals surface area contributed by atoms with Crippen LogP contribution in [0.3, 0.4) is 0 Å². The number of carbonyl (C=O) groups excluding carboxylic acids is 1. The van der Waals surface area contributed by atoms with Crippen LogP contribution < -0.4 is 10.6 Å². The summed E-state index contributed by atoms with van der Waals surface area (Å²) in [6, 6.07) is 20.8. The topological polar surface area (TPSA) is 45.7 Å². The molecule has 0 saturated carbocycles. The first-order valence-electron chi connectivity index (χ1n) is 8.41. The first-order valence-corrected chi connectivity index (χ1v) is 9.21. The molecule has 0 aliphatic heterocycles. The van der Waals surface area contributed by atoms with Crippen LogP contribution in [0.4, 0.5) is 5.69 Å². The number of rotatable bonds is 5. The van der Waals surface area contributed by atoms with Gasteiger partial charge < -0.3 is 10.6 Å². The monoisotopic (exact) mass is 397 g/mol. The maximum absolute atomic E-state index is 12.3. The second-order valence-electron chi connectivity index (χ2n) is 6.33. The minimum Gasteiger partial charge on any atom is -0.332 e. The Hall–Kier alpha value is -2.17. The van der Waals surface area contributed by atoms with Crippen molar-refractivity contribution in [2.75, 3.05) is 11.9 Å². The number of hydrogen-bond acceptors (Lipinski definition) is 1. The Morgan fingerprint density at radius 3 is 2.68 bits per heavy atom. The van der Waals surface area contributed by atoms with Crippen LogP contribution >= 0.6 is 15.9 Å². The number of nitrogens with one attached hydrogen (secondary N) is 1. The molecule has 3 aromatic rings. The molecule has 1 amide bonds. The lowest BCUT2D eigenvalue weighted by Crippen LogP contribution is -2.86. The first-order chi connectivity index (χ1) is 12.0. The Bertz CT molecular complexity index is 902. The van der Waals surface area contributed by atoms with Gasteiger partial charge in [-0.05, 0) is 58.2 Å². The third-order valence-electron chi connectivity index (χ3n) is 4.37. The molecule has 0 spiro atoms. The van der Waals surface area contributed by atoms with Crippen molar-refractivity contribution >= 4 is 38.3 Å². The number of aryl methyl sites for hydroxylation is 1. The van der Waals surface area contributed by atoms with Crippen LogP contribution in [-0.2, 0) is 4.79 Å². The van der Waals surface area contributed by atoms with E-state index < -0.39 is 0 Å². The van der Waals surface area contributed by atoms with E-state index in [9.17, 15) is 4.79 Å². The second-order valence-corrected chi connectivity index (χ2v) is 7.18. The Morgan fingerprint density at radius 1 is 1.12 bits per heavy atom. The molecule has 0 fully saturated rings. The third-order valence-corrected chi connectivity index (χ3v) is 5.03. The normalized spacial score (nSPS) is 12.1. The number of fused-ring (bicyclic) bond motifs is 1. The molecule has 3 N–H and O–H groups in total. The predicted molar refractivity (Wildman–Crippen MR) is 107 cm³/mol. The van der Waals surface area contributed by atoms with Crippen LogP contribution in [0.2, 0.25) is 0 Å². The third kappa shape index (κ3) is 4.27. The Kier molecular flexibility index (Phi) is 5.51. The van der Waals surface area contributed by atoms with E-state index in [-0.39, 0.29) is 11.9 Å². The molecule has 0 radical (unpaired) electrons. The summed E-state index contributed by atoms with van der Waals surface area (Å²) in [4.78, 5) is 12.3. The SMILES string of the molecule is Cc1ccc(NC(=O)C[NH2+][C@H](C)c2cccc3ccccc23)c(Br)c1. The van der Waals surface area contributed by atoms with Gasteiger partial charge in [0, 0.05) is 10.0 Å². The van der Waals surface area contributed by atoms with Crippen molar-refractivity contribution in [3.63, 3.8) is 0 Å². The number of benzene rings is 3. The molecule has 25 heavy (non-hydrogen) atoms. The molecule has 0 heterocycles. The summed E-state index contributed by atoms with van der Waals surface area (Å²) in [5.41, 5.74) is 3.21. The van der Waals surface area contributed by atoms with Crippen LogP contribution in [0.5, 0.6) is 0 Å². The lowest BCUT2D eigenvalue weighted by Gasteiger charge is -2.14. The molecule has 0 aliphatic carbocycles. The zero-order valence-electron chi connectivity index (χ0n) is 14.4. The Balaban J connectivity index is 1.65. The van der Waals surface area contributed by atoms with Crippen molar-refractivity contribution in [2.24, 2.45) is 0 Å². The quantitative estimate of drug-likeness (QED) is 0.666. The summed E-state index contributed by atoms with van der Waals surface area (Å²) < 4.78 is 0.906. The molecular weight excluding hydrogens is 376 g/mol.